The molecule has 8 heteroatoms. The molecule has 0 aromatic heterocycles. The molecule has 3 atom stereocenters. The summed E-state index contributed by atoms with van der Waals surface area (Å²) in [5.74, 6) is -7.90. The summed E-state index contributed by atoms with van der Waals surface area (Å²) in [7, 11) is 0. The van der Waals surface area contributed by atoms with Gasteiger partial charge in [-0.15, -0.1) is 0 Å². The van der Waals surface area contributed by atoms with Gasteiger partial charge in [0.2, 0.25) is 0 Å². The number of hydrogen-bond acceptors (Lipinski definition) is 2. The quantitative estimate of drug-likeness (QED) is 0.584. The molecule has 4 rings (SSSR count). The maximum absolute atomic E-state index is 15.4. The topological polar surface area (TPSA) is 49.4 Å². The van der Waals surface area contributed by atoms with Crippen molar-refractivity contribution in [2.24, 2.45) is 5.92 Å². The van der Waals surface area contributed by atoms with E-state index in [-0.39, 0.29) is 29.3 Å². The number of carbonyl (C=O) groups excluding carboxylic acids is 2. The predicted molar refractivity (Wildman–Crippen MR) is 116 cm³/mol. The SMILES string of the molecule is Cc1cc(NC(=O)c2ccc(F)c(C(F)(F)C(=O)N3C4CCCC3[C@@H](C)CC4)c2)ccc1F. The standard InChI is InChI=1S/C25H26F4N2O2/c1-14-6-9-18-4-3-5-22(14)31(18)24(33)25(28,29)19-13-16(7-10-21(19)27)23(32)30-17-8-11-20(26)15(2)12-17/h7-8,10-14,18,22H,3-6,9H2,1-2H3,(H,30,32)/t14-,18?,22?/m0/s1. The van der Waals surface area contributed by atoms with Gasteiger partial charge in [0.05, 0.1) is 5.56 Å². The van der Waals surface area contributed by atoms with Crippen molar-refractivity contribution in [1.29, 1.82) is 0 Å². The normalized spacial score (nSPS) is 22.7. The van der Waals surface area contributed by atoms with Crippen LogP contribution in [-0.2, 0) is 10.7 Å². The molecule has 176 valence electrons. The Labute approximate surface area is 190 Å². The van der Waals surface area contributed by atoms with Crippen LogP contribution in [0.2, 0.25) is 0 Å². The minimum Gasteiger partial charge on any atom is -0.331 e. The van der Waals surface area contributed by atoms with Crippen molar-refractivity contribution in [3.63, 3.8) is 0 Å². The lowest BCUT2D eigenvalue weighted by molar-refractivity contribution is -0.171. The first kappa shape index (κ1) is 23.3. The minimum absolute atomic E-state index is 0.0995. The largest absolute Gasteiger partial charge is 0.352 e. The Kier molecular flexibility index (Phi) is 6.20. The maximum Gasteiger partial charge on any atom is 0.352 e. The molecule has 2 aliphatic rings. The number of piperidine rings is 2. The number of benzene rings is 2. The molecule has 2 amide bonds. The van der Waals surface area contributed by atoms with Gasteiger partial charge in [-0.2, -0.15) is 8.78 Å². The van der Waals surface area contributed by atoms with Crippen LogP contribution in [0.1, 0.15) is 60.5 Å². The van der Waals surface area contributed by atoms with Crippen LogP contribution in [0.5, 0.6) is 0 Å². The third-order valence-corrected chi connectivity index (χ3v) is 6.89. The average molecular weight is 462 g/mol. The number of halogens is 4. The molecule has 2 bridgehead atoms. The first-order valence-corrected chi connectivity index (χ1v) is 11.2. The molecule has 0 spiro atoms. The molecule has 0 radical (unpaired) electrons. The molecular formula is C25H26F4N2O2. The van der Waals surface area contributed by atoms with Gasteiger partial charge >= 0.3 is 5.92 Å². The number of rotatable bonds is 4. The molecule has 33 heavy (non-hydrogen) atoms. The Morgan fingerprint density at radius 2 is 1.73 bits per heavy atom. The Morgan fingerprint density at radius 3 is 2.45 bits per heavy atom. The highest BCUT2D eigenvalue weighted by molar-refractivity contribution is 6.04. The van der Waals surface area contributed by atoms with Crippen molar-refractivity contribution in [2.75, 3.05) is 5.32 Å². The van der Waals surface area contributed by atoms with Gasteiger partial charge in [0, 0.05) is 23.3 Å². The molecule has 2 saturated heterocycles. The lowest BCUT2D eigenvalue weighted by Gasteiger charge is -2.50. The third-order valence-electron chi connectivity index (χ3n) is 6.89. The van der Waals surface area contributed by atoms with Gasteiger partial charge in [-0.1, -0.05) is 6.92 Å². The van der Waals surface area contributed by atoms with Crippen LogP contribution in [0.4, 0.5) is 23.2 Å². The van der Waals surface area contributed by atoms with Gasteiger partial charge in [-0.25, -0.2) is 8.78 Å². The fourth-order valence-corrected chi connectivity index (χ4v) is 5.03. The molecule has 2 heterocycles. The van der Waals surface area contributed by atoms with Crippen LogP contribution < -0.4 is 5.32 Å². The number of carbonyl (C=O) groups is 2. The van der Waals surface area contributed by atoms with Crippen molar-refractivity contribution in [2.45, 2.75) is 64.0 Å². The summed E-state index contributed by atoms with van der Waals surface area (Å²) in [5, 5.41) is 2.49. The van der Waals surface area contributed by atoms with Gasteiger partial charge in [0.1, 0.15) is 11.6 Å². The second kappa shape index (κ2) is 8.80. The summed E-state index contributed by atoms with van der Waals surface area (Å²) >= 11 is 0. The number of alkyl halides is 2. The van der Waals surface area contributed by atoms with Gasteiger partial charge in [0.15, 0.2) is 0 Å². The van der Waals surface area contributed by atoms with E-state index < -0.39 is 34.9 Å². The summed E-state index contributed by atoms with van der Waals surface area (Å²) in [5.41, 5.74) is -0.784. The second-order valence-corrected chi connectivity index (χ2v) is 9.11. The maximum atomic E-state index is 15.4. The number of nitrogens with one attached hydrogen (secondary N) is 1. The van der Waals surface area contributed by atoms with E-state index in [0.29, 0.717) is 24.8 Å². The Hall–Kier alpha value is -2.90. The van der Waals surface area contributed by atoms with E-state index in [2.05, 4.69) is 5.32 Å². The molecule has 2 fully saturated rings. The van der Waals surface area contributed by atoms with E-state index in [1.165, 1.54) is 30.0 Å². The lowest BCUT2D eigenvalue weighted by Crippen LogP contribution is -2.59. The van der Waals surface area contributed by atoms with Gasteiger partial charge in [0.25, 0.3) is 11.8 Å². The number of fused-ring (bicyclic) bond motifs is 2. The molecule has 0 saturated carbocycles. The third kappa shape index (κ3) is 4.35. The van der Waals surface area contributed by atoms with Crippen molar-refractivity contribution in [3.8, 4) is 0 Å². The minimum atomic E-state index is -4.11. The first-order valence-electron chi connectivity index (χ1n) is 11.2. The van der Waals surface area contributed by atoms with Crippen LogP contribution in [0.25, 0.3) is 0 Å². The highest BCUT2D eigenvalue weighted by atomic mass is 19.3. The fraction of sp³-hybridized carbons (Fsp3) is 0.440. The van der Waals surface area contributed by atoms with E-state index in [0.717, 1.165) is 31.0 Å². The zero-order valence-electron chi connectivity index (χ0n) is 18.5. The highest BCUT2D eigenvalue weighted by Crippen LogP contribution is 2.42. The summed E-state index contributed by atoms with van der Waals surface area (Å²) in [4.78, 5) is 26.9. The van der Waals surface area contributed by atoms with Crippen LogP contribution in [0, 0.1) is 24.5 Å². The van der Waals surface area contributed by atoms with Gasteiger partial charge < -0.3 is 10.2 Å². The number of anilines is 1. The molecule has 2 unspecified atom stereocenters. The van der Waals surface area contributed by atoms with E-state index in [4.69, 9.17) is 0 Å². The van der Waals surface area contributed by atoms with E-state index in [1.807, 2.05) is 6.92 Å². The first-order chi connectivity index (χ1) is 15.6. The predicted octanol–water partition coefficient (Wildman–Crippen LogP) is 5.80. The molecule has 4 nitrogen and oxygen atoms in total. The molecule has 2 aromatic rings. The van der Waals surface area contributed by atoms with Crippen LogP contribution in [-0.4, -0.2) is 28.8 Å². The van der Waals surface area contributed by atoms with Crippen LogP contribution >= 0.6 is 0 Å². The number of amides is 2. The summed E-state index contributed by atoms with van der Waals surface area (Å²) < 4.78 is 58.8. The van der Waals surface area contributed by atoms with Crippen LogP contribution in [0.15, 0.2) is 36.4 Å². The van der Waals surface area contributed by atoms with Crippen molar-refractivity contribution in [3.05, 3.63) is 64.7 Å². The van der Waals surface area contributed by atoms with E-state index in [1.54, 1.807) is 0 Å². The van der Waals surface area contributed by atoms with Crippen molar-refractivity contribution >= 4 is 17.5 Å². The highest BCUT2D eigenvalue weighted by Gasteiger charge is 2.52. The number of nitrogens with zero attached hydrogens (tertiary/aromatic N) is 1. The van der Waals surface area contributed by atoms with Crippen LogP contribution in [0.3, 0.4) is 0 Å². The summed E-state index contributed by atoms with van der Waals surface area (Å²) in [6.07, 6.45) is 3.72. The lowest BCUT2D eigenvalue weighted by atomic mass is 9.78. The summed E-state index contributed by atoms with van der Waals surface area (Å²) in [6, 6.07) is 5.91. The van der Waals surface area contributed by atoms with Gasteiger partial charge in [-0.05, 0) is 86.9 Å². The smallest absolute Gasteiger partial charge is 0.331 e. The zero-order chi connectivity index (χ0) is 23.9. The van der Waals surface area contributed by atoms with Crippen molar-refractivity contribution in [1.82, 2.24) is 4.90 Å². The molecule has 2 aliphatic heterocycles. The molecule has 0 aliphatic carbocycles. The Bertz CT molecular complexity index is 1090. The Balaban J connectivity index is 1.61. The molecular weight excluding hydrogens is 436 g/mol. The summed E-state index contributed by atoms with van der Waals surface area (Å²) in [6.45, 7) is 3.47. The average Bonchev–Trinajstić information content (AvgIpc) is 2.78. The Morgan fingerprint density at radius 1 is 1.00 bits per heavy atom. The van der Waals surface area contributed by atoms with Gasteiger partial charge in [-0.3, -0.25) is 9.59 Å². The van der Waals surface area contributed by atoms with Crippen molar-refractivity contribution < 1.29 is 27.2 Å². The monoisotopic (exact) mass is 462 g/mol. The molecule has 1 N–H and O–H groups in total. The van der Waals surface area contributed by atoms with E-state index >= 15 is 8.78 Å². The molecule has 2 aromatic carbocycles. The number of aryl methyl sites for hydroxylation is 1. The number of hydrogen-bond donors (Lipinski definition) is 1. The zero-order valence-corrected chi connectivity index (χ0v) is 18.5. The van der Waals surface area contributed by atoms with E-state index in [9.17, 15) is 18.4 Å². The second-order valence-electron chi connectivity index (χ2n) is 9.11. The fourth-order valence-electron chi connectivity index (χ4n) is 5.03.